The van der Waals surface area contributed by atoms with Crippen molar-refractivity contribution in [2.24, 2.45) is 0 Å². The lowest BCUT2D eigenvalue weighted by atomic mass is 10.2. The summed E-state index contributed by atoms with van der Waals surface area (Å²) < 4.78 is 5.91. The van der Waals surface area contributed by atoms with Crippen molar-refractivity contribution in [2.45, 2.75) is 6.10 Å². The minimum Gasteiger partial charge on any atom is -0.395 e. The largest absolute Gasteiger partial charge is 0.395 e. The predicted molar refractivity (Wildman–Crippen MR) is 70.4 cm³/mol. The molecule has 0 bridgehead atoms. The van der Waals surface area contributed by atoms with Crippen LogP contribution in [-0.4, -0.2) is 36.5 Å². The summed E-state index contributed by atoms with van der Waals surface area (Å²) in [4.78, 5) is 4.21. The molecular weight excluding hydrogens is 238 g/mol. The average Bonchev–Trinajstić information content (AvgIpc) is 2.77. The third kappa shape index (κ3) is 2.66. The Morgan fingerprint density at radius 1 is 1.59 bits per heavy atom. The minimum absolute atomic E-state index is 0.297. The molecule has 6 heteroatoms. The van der Waals surface area contributed by atoms with Gasteiger partial charge in [0.15, 0.2) is 0 Å². The highest BCUT2D eigenvalue weighted by Crippen LogP contribution is 2.29. The van der Waals surface area contributed by atoms with Crippen LogP contribution in [0.5, 0.6) is 0 Å². The van der Waals surface area contributed by atoms with Crippen molar-refractivity contribution in [1.29, 1.82) is 0 Å². The first-order valence-corrected chi connectivity index (χ1v) is 6.13. The van der Waals surface area contributed by atoms with Gasteiger partial charge < -0.3 is 20.9 Å². The van der Waals surface area contributed by atoms with Crippen molar-refractivity contribution in [3.05, 3.63) is 17.6 Å². The molecule has 17 heavy (non-hydrogen) atoms. The molecule has 4 N–H and O–H groups in total. The molecule has 0 saturated carbocycles. The molecule has 0 aliphatic carbocycles. The number of rotatable bonds is 5. The molecule has 2 aromatic rings. The minimum atomic E-state index is -0.550. The van der Waals surface area contributed by atoms with Crippen LogP contribution in [0.2, 0.25) is 0 Å². The lowest BCUT2D eigenvalue weighted by Gasteiger charge is -2.13. The van der Waals surface area contributed by atoms with Crippen molar-refractivity contribution >= 4 is 32.9 Å². The number of nitrogen functional groups attached to an aromatic ring is 1. The number of nitrogens with zero attached hydrogens (tertiary/aromatic N) is 1. The summed E-state index contributed by atoms with van der Waals surface area (Å²) in [5, 5.41) is 12.6. The summed E-state index contributed by atoms with van der Waals surface area (Å²) in [7, 11) is 1.55. The molecule has 92 valence electrons. The third-order valence-electron chi connectivity index (χ3n) is 2.43. The molecule has 1 aromatic carbocycles. The van der Waals surface area contributed by atoms with E-state index in [-0.39, 0.29) is 0 Å². The Morgan fingerprint density at radius 2 is 2.41 bits per heavy atom. The van der Waals surface area contributed by atoms with E-state index in [0.29, 0.717) is 18.8 Å². The molecule has 0 fully saturated rings. The van der Waals surface area contributed by atoms with Gasteiger partial charge >= 0.3 is 0 Å². The van der Waals surface area contributed by atoms with E-state index < -0.39 is 6.10 Å². The van der Waals surface area contributed by atoms with E-state index in [1.165, 1.54) is 0 Å². The molecular formula is C11H15N3O2S. The molecule has 1 heterocycles. The van der Waals surface area contributed by atoms with Gasteiger partial charge in [-0.2, -0.15) is 0 Å². The number of hydrogen-bond acceptors (Lipinski definition) is 6. The molecule has 0 aliphatic heterocycles. The number of aromatic nitrogens is 1. The zero-order valence-electron chi connectivity index (χ0n) is 9.51. The summed E-state index contributed by atoms with van der Waals surface area (Å²) >= 11 is 1.55. The Kier molecular flexibility index (Phi) is 3.78. The van der Waals surface area contributed by atoms with Gasteiger partial charge in [0, 0.05) is 13.7 Å². The smallest absolute Gasteiger partial charge is 0.106 e. The predicted octanol–water partition coefficient (Wildman–Crippen LogP) is 1.30. The molecule has 1 aromatic heterocycles. The molecule has 0 saturated heterocycles. The van der Waals surface area contributed by atoms with Crippen molar-refractivity contribution in [3.8, 4) is 0 Å². The standard InChI is InChI=1S/C11H15N3O2S/c1-16-5-7(15)4-13-8-2-3-9-11(10(8)12)14-6-17-9/h2-3,6-7,13,15H,4-5,12H2,1H3. The summed E-state index contributed by atoms with van der Waals surface area (Å²) in [5.41, 5.74) is 9.98. The Labute approximate surface area is 103 Å². The lowest BCUT2D eigenvalue weighted by molar-refractivity contribution is 0.0728. The normalized spacial score (nSPS) is 12.8. The monoisotopic (exact) mass is 253 g/mol. The molecule has 0 aliphatic rings. The van der Waals surface area contributed by atoms with Crippen LogP contribution >= 0.6 is 11.3 Å². The van der Waals surface area contributed by atoms with Gasteiger partial charge in [-0.3, -0.25) is 0 Å². The fourth-order valence-electron chi connectivity index (χ4n) is 1.59. The number of hydrogen-bond donors (Lipinski definition) is 3. The molecule has 1 unspecified atom stereocenters. The van der Waals surface area contributed by atoms with Gasteiger partial charge in [-0.1, -0.05) is 0 Å². The lowest BCUT2D eigenvalue weighted by Crippen LogP contribution is -2.24. The van der Waals surface area contributed by atoms with Gasteiger partial charge in [-0.15, -0.1) is 11.3 Å². The van der Waals surface area contributed by atoms with Gasteiger partial charge in [0.2, 0.25) is 0 Å². The maximum atomic E-state index is 9.53. The maximum absolute atomic E-state index is 9.53. The zero-order valence-corrected chi connectivity index (χ0v) is 10.3. The van der Waals surface area contributed by atoms with Gasteiger partial charge in [0.1, 0.15) is 5.52 Å². The van der Waals surface area contributed by atoms with Crippen LogP contribution in [0.25, 0.3) is 10.2 Å². The number of aliphatic hydroxyl groups excluding tert-OH is 1. The van der Waals surface area contributed by atoms with Gasteiger partial charge in [-0.05, 0) is 12.1 Å². The Balaban J connectivity index is 2.10. The molecule has 0 radical (unpaired) electrons. The van der Waals surface area contributed by atoms with Crippen LogP contribution in [0.15, 0.2) is 17.6 Å². The van der Waals surface area contributed by atoms with E-state index in [9.17, 15) is 5.11 Å². The SMILES string of the molecule is COCC(O)CNc1ccc2scnc2c1N. The third-order valence-corrected chi connectivity index (χ3v) is 3.22. The quantitative estimate of drug-likeness (QED) is 0.700. The highest BCUT2D eigenvalue weighted by atomic mass is 32.1. The Bertz CT molecular complexity index is 500. The summed E-state index contributed by atoms with van der Waals surface area (Å²) in [6, 6.07) is 3.86. The second-order valence-corrected chi connectivity index (χ2v) is 4.60. The van der Waals surface area contributed by atoms with E-state index in [4.69, 9.17) is 10.5 Å². The molecule has 1 atom stereocenters. The first-order chi connectivity index (χ1) is 8.22. The molecule has 2 rings (SSSR count). The number of nitrogens with one attached hydrogen (secondary N) is 1. The highest BCUT2D eigenvalue weighted by Gasteiger charge is 2.08. The van der Waals surface area contributed by atoms with Gasteiger partial charge in [-0.25, -0.2) is 4.98 Å². The van der Waals surface area contributed by atoms with Crippen LogP contribution in [0, 0.1) is 0 Å². The highest BCUT2D eigenvalue weighted by molar-refractivity contribution is 7.16. The number of anilines is 2. The fraction of sp³-hybridized carbons (Fsp3) is 0.364. The van der Waals surface area contributed by atoms with Crippen LogP contribution in [0.4, 0.5) is 11.4 Å². The maximum Gasteiger partial charge on any atom is 0.106 e. The summed E-state index contributed by atoms with van der Waals surface area (Å²) in [5.74, 6) is 0. The summed E-state index contributed by atoms with van der Waals surface area (Å²) in [6.45, 7) is 0.694. The van der Waals surface area contributed by atoms with Crippen molar-refractivity contribution < 1.29 is 9.84 Å². The van der Waals surface area contributed by atoms with Gasteiger partial charge in [0.05, 0.1) is 34.3 Å². The first kappa shape index (κ1) is 12.1. The van der Waals surface area contributed by atoms with Crippen molar-refractivity contribution in [2.75, 3.05) is 31.3 Å². The van der Waals surface area contributed by atoms with E-state index in [1.54, 1.807) is 24.0 Å². The molecule has 5 nitrogen and oxygen atoms in total. The van der Waals surface area contributed by atoms with Gasteiger partial charge in [0.25, 0.3) is 0 Å². The van der Waals surface area contributed by atoms with Crippen molar-refractivity contribution in [1.82, 2.24) is 4.98 Å². The first-order valence-electron chi connectivity index (χ1n) is 5.25. The topological polar surface area (TPSA) is 80.4 Å². The number of nitrogens with two attached hydrogens (primary N) is 1. The summed E-state index contributed by atoms with van der Waals surface area (Å²) in [6.07, 6.45) is -0.550. The Morgan fingerprint density at radius 3 is 3.18 bits per heavy atom. The number of thiazole rings is 1. The second-order valence-electron chi connectivity index (χ2n) is 3.72. The average molecular weight is 253 g/mol. The molecule has 0 spiro atoms. The zero-order chi connectivity index (χ0) is 12.3. The van der Waals surface area contributed by atoms with E-state index in [2.05, 4.69) is 10.3 Å². The van der Waals surface area contributed by atoms with Crippen LogP contribution in [0.3, 0.4) is 0 Å². The van der Waals surface area contributed by atoms with Crippen LogP contribution < -0.4 is 11.1 Å². The van der Waals surface area contributed by atoms with Crippen LogP contribution in [-0.2, 0) is 4.74 Å². The Hall–Kier alpha value is -1.37. The van der Waals surface area contributed by atoms with E-state index >= 15 is 0 Å². The second kappa shape index (κ2) is 5.31. The number of fused-ring (bicyclic) bond motifs is 1. The number of benzene rings is 1. The van der Waals surface area contributed by atoms with Crippen molar-refractivity contribution in [3.63, 3.8) is 0 Å². The molecule has 0 amide bonds. The van der Waals surface area contributed by atoms with E-state index in [1.807, 2.05) is 12.1 Å². The van der Waals surface area contributed by atoms with E-state index in [0.717, 1.165) is 15.9 Å². The fourth-order valence-corrected chi connectivity index (χ4v) is 2.28. The van der Waals surface area contributed by atoms with Crippen LogP contribution in [0.1, 0.15) is 0 Å². The number of ether oxygens (including phenoxy) is 1. The number of methoxy groups -OCH3 is 1. The number of aliphatic hydroxyl groups is 1.